The number of carbonyl (C=O) groups excluding carboxylic acids is 1. The lowest BCUT2D eigenvalue weighted by molar-refractivity contribution is -0.135. The molecule has 2 rings (SSSR count). The summed E-state index contributed by atoms with van der Waals surface area (Å²) in [6, 6.07) is 0.273. The molecule has 1 heterocycles. The molecule has 0 atom stereocenters. The van der Waals surface area contributed by atoms with Gasteiger partial charge in [-0.25, -0.2) is 4.98 Å². The molecule has 1 aliphatic carbocycles. The third-order valence-electron chi connectivity index (χ3n) is 3.52. The van der Waals surface area contributed by atoms with E-state index in [1.165, 1.54) is 0 Å². The van der Waals surface area contributed by atoms with Gasteiger partial charge in [-0.3, -0.25) is 9.89 Å². The van der Waals surface area contributed by atoms with E-state index in [-0.39, 0.29) is 17.9 Å². The number of nitrogens with two attached hydrogens (primary N) is 1. The maximum absolute atomic E-state index is 12.2. The molecule has 0 aromatic carbocycles. The first-order valence-corrected chi connectivity index (χ1v) is 6.44. The molecule has 0 bridgehead atoms. The molecule has 18 heavy (non-hydrogen) atoms. The summed E-state index contributed by atoms with van der Waals surface area (Å²) in [6.07, 6.45) is 3.70. The second-order valence-electron chi connectivity index (χ2n) is 5.14. The number of rotatable bonds is 3. The Morgan fingerprint density at radius 2 is 2.11 bits per heavy atom. The first-order valence-electron chi connectivity index (χ1n) is 6.44. The largest absolute Gasteiger partial charge is 0.338 e. The minimum Gasteiger partial charge on any atom is -0.338 e. The lowest BCUT2D eigenvalue weighted by Crippen LogP contribution is -2.37. The lowest BCUT2D eigenvalue weighted by atomic mass is 9.85. The third-order valence-corrected chi connectivity index (χ3v) is 3.52. The second-order valence-corrected chi connectivity index (χ2v) is 5.14. The highest BCUT2D eigenvalue weighted by Crippen LogP contribution is 2.24. The van der Waals surface area contributed by atoms with Gasteiger partial charge in [0.2, 0.25) is 5.91 Å². The Labute approximate surface area is 107 Å². The number of aryl methyl sites for hydroxylation is 1. The van der Waals surface area contributed by atoms with Crippen LogP contribution in [0, 0.1) is 12.8 Å². The predicted molar refractivity (Wildman–Crippen MR) is 67.5 cm³/mol. The molecular weight excluding hydrogens is 230 g/mol. The molecule has 100 valence electrons. The summed E-state index contributed by atoms with van der Waals surface area (Å²) in [5, 5.41) is 6.83. The van der Waals surface area contributed by atoms with E-state index in [0.29, 0.717) is 12.4 Å². The van der Waals surface area contributed by atoms with Gasteiger partial charge in [-0.2, -0.15) is 5.10 Å². The zero-order valence-electron chi connectivity index (χ0n) is 11.0. The maximum Gasteiger partial charge on any atom is 0.225 e. The van der Waals surface area contributed by atoms with Crippen LogP contribution >= 0.6 is 0 Å². The summed E-state index contributed by atoms with van der Waals surface area (Å²) < 4.78 is 0. The van der Waals surface area contributed by atoms with Gasteiger partial charge in [0.1, 0.15) is 5.82 Å². The van der Waals surface area contributed by atoms with Gasteiger partial charge in [0.15, 0.2) is 5.82 Å². The van der Waals surface area contributed by atoms with Crippen molar-refractivity contribution in [2.75, 3.05) is 7.05 Å². The van der Waals surface area contributed by atoms with E-state index < -0.39 is 0 Å². The van der Waals surface area contributed by atoms with Crippen molar-refractivity contribution in [1.82, 2.24) is 20.1 Å². The normalized spacial score (nSPS) is 23.9. The van der Waals surface area contributed by atoms with Crippen LogP contribution in [-0.2, 0) is 11.3 Å². The van der Waals surface area contributed by atoms with Gasteiger partial charge in [0, 0.05) is 19.0 Å². The number of hydrogen-bond acceptors (Lipinski definition) is 4. The van der Waals surface area contributed by atoms with Gasteiger partial charge in [-0.1, -0.05) is 0 Å². The fraction of sp³-hybridized carbons (Fsp3) is 0.750. The highest BCUT2D eigenvalue weighted by molar-refractivity contribution is 5.78. The van der Waals surface area contributed by atoms with Gasteiger partial charge in [-0.15, -0.1) is 0 Å². The standard InChI is InChI=1S/C12H21N5O/c1-8-14-11(16-15-8)7-17(2)12(18)9-3-5-10(13)6-4-9/h9-10H,3-7,13H2,1-2H3,(H,14,15,16). The third kappa shape index (κ3) is 3.07. The Morgan fingerprint density at radius 1 is 1.44 bits per heavy atom. The summed E-state index contributed by atoms with van der Waals surface area (Å²) >= 11 is 0. The lowest BCUT2D eigenvalue weighted by Gasteiger charge is -2.28. The van der Waals surface area contributed by atoms with Crippen molar-refractivity contribution in [1.29, 1.82) is 0 Å². The van der Waals surface area contributed by atoms with E-state index >= 15 is 0 Å². The van der Waals surface area contributed by atoms with Crippen LogP contribution in [0.1, 0.15) is 37.3 Å². The van der Waals surface area contributed by atoms with Crippen LogP contribution in [0.3, 0.4) is 0 Å². The molecule has 1 aromatic heterocycles. The van der Waals surface area contributed by atoms with Crippen molar-refractivity contribution in [2.45, 2.75) is 45.2 Å². The molecule has 1 fully saturated rings. The molecule has 0 saturated heterocycles. The molecule has 0 radical (unpaired) electrons. The molecule has 1 amide bonds. The highest BCUT2D eigenvalue weighted by Gasteiger charge is 2.27. The van der Waals surface area contributed by atoms with Crippen molar-refractivity contribution < 1.29 is 4.79 Å². The molecular formula is C12H21N5O. The van der Waals surface area contributed by atoms with Crippen LogP contribution in [0.4, 0.5) is 0 Å². The highest BCUT2D eigenvalue weighted by atomic mass is 16.2. The van der Waals surface area contributed by atoms with Gasteiger partial charge in [0.05, 0.1) is 6.54 Å². The van der Waals surface area contributed by atoms with Crippen molar-refractivity contribution in [3.63, 3.8) is 0 Å². The molecule has 1 saturated carbocycles. The zero-order chi connectivity index (χ0) is 13.1. The molecule has 1 aromatic rings. The smallest absolute Gasteiger partial charge is 0.225 e. The fourth-order valence-corrected chi connectivity index (χ4v) is 2.43. The van der Waals surface area contributed by atoms with Gasteiger partial charge < -0.3 is 10.6 Å². The number of nitrogens with zero attached hydrogens (tertiary/aromatic N) is 3. The SMILES string of the molecule is Cc1nc(CN(C)C(=O)C2CCC(N)CC2)n[nH]1. The summed E-state index contributed by atoms with van der Waals surface area (Å²) in [7, 11) is 1.81. The first-order chi connectivity index (χ1) is 8.56. The van der Waals surface area contributed by atoms with E-state index in [0.717, 1.165) is 31.5 Å². The van der Waals surface area contributed by atoms with E-state index in [1.807, 2.05) is 14.0 Å². The van der Waals surface area contributed by atoms with Crippen LogP contribution < -0.4 is 5.73 Å². The van der Waals surface area contributed by atoms with Gasteiger partial charge in [0.25, 0.3) is 0 Å². The predicted octanol–water partition coefficient (Wildman–Crippen LogP) is 0.589. The Hall–Kier alpha value is -1.43. The van der Waals surface area contributed by atoms with E-state index in [9.17, 15) is 4.79 Å². The average molecular weight is 251 g/mol. The van der Waals surface area contributed by atoms with Crippen LogP contribution in [0.15, 0.2) is 0 Å². The van der Waals surface area contributed by atoms with Crippen LogP contribution in [0.25, 0.3) is 0 Å². The van der Waals surface area contributed by atoms with Crippen LogP contribution in [-0.4, -0.2) is 39.1 Å². The second kappa shape index (κ2) is 5.48. The number of carbonyl (C=O) groups is 1. The number of aromatic amines is 1. The number of amides is 1. The fourth-order valence-electron chi connectivity index (χ4n) is 2.43. The zero-order valence-corrected chi connectivity index (χ0v) is 11.0. The minimum atomic E-state index is 0.120. The Kier molecular flexibility index (Phi) is 3.96. The van der Waals surface area contributed by atoms with Crippen molar-refractivity contribution >= 4 is 5.91 Å². The van der Waals surface area contributed by atoms with Gasteiger partial charge >= 0.3 is 0 Å². The van der Waals surface area contributed by atoms with Crippen LogP contribution in [0.2, 0.25) is 0 Å². The molecule has 6 heteroatoms. The van der Waals surface area contributed by atoms with E-state index in [1.54, 1.807) is 4.90 Å². The molecule has 0 unspecified atom stereocenters. The Bertz CT molecular complexity index is 408. The van der Waals surface area contributed by atoms with Gasteiger partial charge in [-0.05, 0) is 32.6 Å². The number of H-pyrrole nitrogens is 1. The average Bonchev–Trinajstić information content (AvgIpc) is 2.75. The van der Waals surface area contributed by atoms with Crippen molar-refractivity contribution in [3.05, 3.63) is 11.6 Å². The summed E-state index contributed by atoms with van der Waals surface area (Å²) in [6.45, 7) is 2.31. The van der Waals surface area contributed by atoms with Crippen LogP contribution in [0.5, 0.6) is 0 Å². The van der Waals surface area contributed by atoms with E-state index in [4.69, 9.17) is 5.73 Å². The number of nitrogens with one attached hydrogen (secondary N) is 1. The number of hydrogen-bond donors (Lipinski definition) is 2. The Balaban J connectivity index is 1.88. The summed E-state index contributed by atoms with van der Waals surface area (Å²) in [4.78, 5) is 18.2. The number of aromatic nitrogens is 3. The minimum absolute atomic E-state index is 0.120. The molecule has 3 N–H and O–H groups in total. The quantitative estimate of drug-likeness (QED) is 0.823. The molecule has 0 spiro atoms. The molecule has 1 aliphatic rings. The van der Waals surface area contributed by atoms with E-state index in [2.05, 4.69) is 15.2 Å². The van der Waals surface area contributed by atoms with Crippen molar-refractivity contribution in [3.8, 4) is 0 Å². The van der Waals surface area contributed by atoms with Crippen molar-refractivity contribution in [2.24, 2.45) is 11.7 Å². The maximum atomic E-state index is 12.2. The summed E-state index contributed by atoms with van der Waals surface area (Å²) in [5.41, 5.74) is 5.85. The first kappa shape index (κ1) is 13.0. The topological polar surface area (TPSA) is 87.9 Å². The monoisotopic (exact) mass is 251 g/mol. The molecule has 0 aliphatic heterocycles. The summed E-state index contributed by atoms with van der Waals surface area (Å²) in [5.74, 6) is 1.74. The Morgan fingerprint density at radius 3 is 2.67 bits per heavy atom. The molecule has 6 nitrogen and oxygen atoms in total.